The predicted molar refractivity (Wildman–Crippen MR) is 99.2 cm³/mol. The molecule has 0 unspecified atom stereocenters. The monoisotopic (exact) mass is 650 g/mol. The van der Waals surface area contributed by atoms with Gasteiger partial charge in [0.25, 0.3) is 0 Å². The van der Waals surface area contributed by atoms with Crippen molar-refractivity contribution in [3.63, 3.8) is 0 Å². The van der Waals surface area contributed by atoms with E-state index in [2.05, 4.69) is 95.6 Å². The van der Waals surface area contributed by atoms with Gasteiger partial charge in [0.2, 0.25) is 0 Å². The maximum absolute atomic E-state index is 5.92. The first-order chi connectivity index (χ1) is 8.88. The quantitative estimate of drug-likeness (QED) is 0.298. The van der Waals surface area contributed by atoms with Crippen LogP contribution in [0.25, 0.3) is 0 Å². The Bertz CT molecular complexity index is 585. The van der Waals surface area contributed by atoms with Gasteiger partial charge < -0.3 is 4.74 Å². The van der Waals surface area contributed by atoms with E-state index in [0.717, 1.165) is 38.3 Å². The molecule has 0 spiro atoms. The number of rotatable bonds is 2. The molecule has 0 fully saturated rings. The maximum atomic E-state index is 5.92. The summed E-state index contributed by atoms with van der Waals surface area (Å²) in [6, 6.07) is 7.66. The Kier molecular flexibility index (Phi) is 6.01. The average molecular weight is 655 g/mol. The third-order valence-corrected chi connectivity index (χ3v) is 7.10. The predicted octanol–water partition coefficient (Wildman–Crippen LogP) is 8.05. The van der Waals surface area contributed by atoms with Gasteiger partial charge in [-0.05, 0) is 120 Å². The highest BCUT2D eigenvalue weighted by molar-refractivity contribution is 9.13. The molecule has 7 heteroatoms. The summed E-state index contributed by atoms with van der Waals surface area (Å²) < 4.78 is 11.4. The molecule has 2 aromatic carbocycles. The number of halogens is 6. The van der Waals surface area contributed by atoms with Gasteiger partial charge in [0.05, 0.1) is 8.95 Å². The highest BCUT2D eigenvalue weighted by Crippen LogP contribution is 2.41. The molecule has 0 aromatic heterocycles. The first-order valence-corrected chi connectivity index (χ1v) is 9.61. The molecular formula is C12H4Br6O. The number of benzene rings is 2. The summed E-state index contributed by atoms with van der Waals surface area (Å²) in [4.78, 5) is 0. The van der Waals surface area contributed by atoms with Gasteiger partial charge in [-0.3, -0.25) is 0 Å². The van der Waals surface area contributed by atoms with Crippen LogP contribution < -0.4 is 4.74 Å². The number of ether oxygens (including phenoxy) is 1. The Morgan fingerprint density at radius 1 is 0.474 bits per heavy atom. The van der Waals surface area contributed by atoms with Crippen LogP contribution in [0, 0.1) is 0 Å². The molecule has 0 aliphatic carbocycles. The van der Waals surface area contributed by atoms with Gasteiger partial charge in [0.1, 0.15) is 11.5 Å². The molecule has 0 radical (unpaired) electrons. The topological polar surface area (TPSA) is 9.23 Å². The molecular weight excluding hydrogens is 651 g/mol. The van der Waals surface area contributed by atoms with Crippen LogP contribution in [-0.4, -0.2) is 0 Å². The Morgan fingerprint density at radius 3 is 1.16 bits per heavy atom. The largest absolute Gasteiger partial charge is 0.455 e. The summed E-state index contributed by atoms with van der Waals surface area (Å²) in [5.41, 5.74) is 0. The molecule has 0 heterocycles. The molecule has 2 aromatic rings. The normalized spacial score (nSPS) is 10.6. The van der Waals surface area contributed by atoms with Crippen LogP contribution in [0.2, 0.25) is 0 Å². The van der Waals surface area contributed by atoms with Crippen LogP contribution in [0.3, 0.4) is 0 Å². The summed E-state index contributed by atoms with van der Waals surface area (Å²) in [6.07, 6.45) is 0. The van der Waals surface area contributed by atoms with Gasteiger partial charge in [-0.25, -0.2) is 0 Å². The van der Waals surface area contributed by atoms with Crippen LogP contribution in [0.4, 0.5) is 0 Å². The lowest BCUT2D eigenvalue weighted by molar-refractivity contribution is 0.475. The number of hydrogen-bond acceptors (Lipinski definition) is 1. The van der Waals surface area contributed by atoms with E-state index in [9.17, 15) is 0 Å². The van der Waals surface area contributed by atoms with Gasteiger partial charge in [-0.2, -0.15) is 0 Å². The van der Waals surface area contributed by atoms with Gasteiger partial charge >= 0.3 is 0 Å². The molecule has 0 amide bonds. The first kappa shape index (κ1) is 16.5. The van der Waals surface area contributed by atoms with Crippen molar-refractivity contribution in [2.24, 2.45) is 0 Å². The van der Waals surface area contributed by atoms with E-state index in [1.165, 1.54) is 0 Å². The van der Waals surface area contributed by atoms with E-state index in [4.69, 9.17) is 4.74 Å². The fourth-order valence-electron chi connectivity index (χ4n) is 1.28. The van der Waals surface area contributed by atoms with E-state index in [1.54, 1.807) is 0 Å². The summed E-state index contributed by atoms with van der Waals surface area (Å²) in [7, 11) is 0. The van der Waals surface area contributed by atoms with Gasteiger partial charge in [-0.1, -0.05) is 0 Å². The lowest BCUT2D eigenvalue weighted by Crippen LogP contribution is -1.88. The Morgan fingerprint density at radius 2 is 0.789 bits per heavy atom. The van der Waals surface area contributed by atoms with Crippen molar-refractivity contribution < 1.29 is 4.74 Å². The Balaban J connectivity index is 2.42. The van der Waals surface area contributed by atoms with E-state index >= 15 is 0 Å². The van der Waals surface area contributed by atoms with Crippen LogP contribution in [-0.2, 0) is 0 Å². The minimum absolute atomic E-state index is 0.727. The molecule has 19 heavy (non-hydrogen) atoms. The maximum Gasteiger partial charge on any atom is 0.142 e. The fourth-order valence-corrected chi connectivity index (χ4v) is 4.08. The third kappa shape index (κ3) is 4.07. The summed E-state index contributed by atoms with van der Waals surface area (Å²) >= 11 is 20.8. The SMILES string of the molecule is Br[13c]1[13cH][13c](Br)[13c](O[13c]2[13cH][13c](Br)[13c](Br)[13cH][13c]2Br)[13cH][13c]1Br. The first-order valence-electron chi connectivity index (χ1n) is 4.85. The van der Waals surface area contributed by atoms with Gasteiger partial charge in [0.15, 0.2) is 0 Å². The molecule has 1 nitrogen and oxygen atoms in total. The average Bonchev–Trinajstić information content (AvgIpc) is 2.32. The van der Waals surface area contributed by atoms with Crippen molar-refractivity contribution in [3.8, 4) is 11.5 Å². The van der Waals surface area contributed by atoms with Crippen molar-refractivity contribution >= 4 is 95.6 Å². The Hall–Kier alpha value is 1.12. The molecule has 100 valence electrons. The molecule has 0 aliphatic rings. The standard InChI is InChI=1S/C12H4Br6O/c13-5-1-9(17)11(3-7(5)15)19-12-4-8(16)6(14)2-10(12)18/h1-4H/i1+1,2+1,3+1,4+1,5+1,6+1,7+1,8+1,9+1,10+1,11+1,12+1. The second-order valence-electron chi connectivity index (χ2n) is 3.50. The van der Waals surface area contributed by atoms with Crippen molar-refractivity contribution in [3.05, 3.63) is 51.1 Å². The summed E-state index contributed by atoms with van der Waals surface area (Å²) in [5, 5.41) is 0. The molecule has 2 rings (SSSR count). The van der Waals surface area contributed by atoms with Crippen LogP contribution in [0.1, 0.15) is 0 Å². The molecule has 0 N–H and O–H groups in total. The summed E-state index contributed by atoms with van der Waals surface area (Å²) in [6.45, 7) is 0. The van der Waals surface area contributed by atoms with E-state index in [0.29, 0.717) is 0 Å². The van der Waals surface area contributed by atoms with E-state index in [-0.39, 0.29) is 0 Å². The van der Waals surface area contributed by atoms with Crippen LogP contribution in [0.5, 0.6) is 11.5 Å². The zero-order valence-corrected chi connectivity index (χ0v) is 18.5. The second-order valence-corrected chi connectivity index (χ2v) is 8.62. The minimum atomic E-state index is 0.727. The zero-order chi connectivity index (χ0) is 14.2. The third-order valence-electron chi connectivity index (χ3n) is 2.17. The van der Waals surface area contributed by atoms with Crippen molar-refractivity contribution in [2.75, 3.05) is 0 Å². The van der Waals surface area contributed by atoms with Crippen molar-refractivity contribution in [1.29, 1.82) is 0 Å². The van der Waals surface area contributed by atoms with Crippen molar-refractivity contribution in [1.82, 2.24) is 0 Å². The molecule has 0 saturated heterocycles. The molecule has 0 atom stereocenters. The van der Waals surface area contributed by atoms with E-state index in [1.807, 2.05) is 24.3 Å². The second kappa shape index (κ2) is 6.92. The molecule has 0 saturated carbocycles. The Labute approximate surface area is 161 Å². The van der Waals surface area contributed by atoms with E-state index < -0.39 is 0 Å². The number of hydrogen-bond donors (Lipinski definition) is 0. The molecule has 0 aliphatic heterocycles. The fraction of sp³-hybridized carbons (Fsp3) is 0. The lowest BCUT2D eigenvalue weighted by atomic mass is 11.3. The van der Waals surface area contributed by atoms with Gasteiger partial charge in [-0.15, -0.1) is 0 Å². The zero-order valence-electron chi connectivity index (χ0n) is 8.99. The minimum Gasteiger partial charge on any atom is -0.455 e. The smallest absolute Gasteiger partial charge is 0.142 e. The summed E-state index contributed by atoms with van der Waals surface area (Å²) in [5.74, 6) is 1.45. The lowest BCUT2D eigenvalue weighted by Gasteiger charge is -2.12. The van der Waals surface area contributed by atoms with Crippen LogP contribution in [0.15, 0.2) is 51.1 Å². The van der Waals surface area contributed by atoms with Crippen molar-refractivity contribution in [2.45, 2.75) is 0 Å². The highest BCUT2D eigenvalue weighted by Gasteiger charge is 2.11. The van der Waals surface area contributed by atoms with Crippen LogP contribution >= 0.6 is 95.6 Å². The highest BCUT2D eigenvalue weighted by atomic mass is 79.9. The van der Waals surface area contributed by atoms with Gasteiger partial charge in [0, 0.05) is 17.9 Å². The molecule has 0 bridgehead atoms.